The van der Waals surface area contributed by atoms with E-state index in [1.54, 1.807) is 0 Å². The number of carbonyl (C=O) groups is 4. The van der Waals surface area contributed by atoms with E-state index in [1.165, 1.54) is 186 Å². The Morgan fingerprint density at radius 3 is 0.789 bits per heavy atom. The number of phosphoric ester groups is 2. The van der Waals surface area contributed by atoms with Gasteiger partial charge in [-0.05, 0) is 31.6 Å². The second kappa shape index (κ2) is 64.4. The van der Waals surface area contributed by atoms with Crippen molar-refractivity contribution in [3.8, 4) is 0 Å². The van der Waals surface area contributed by atoms with Gasteiger partial charge in [0, 0.05) is 25.7 Å². The van der Waals surface area contributed by atoms with Crippen LogP contribution in [0.15, 0.2) is 0 Å². The van der Waals surface area contributed by atoms with Crippen LogP contribution in [0.25, 0.3) is 0 Å². The molecule has 0 aliphatic carbocycles. The summed E-state index contributed by atoms with van der Waals surface area (Å²) in [5.41, 5.74) is 0. The average molecular weight is 1330 g/mol. The quantitative estimate of drug-likeness (QED) is 0.0222. The molecule has 90 heavy (non-hydrogen) atoms. The van der Waals surface area contributed by atoms with Crippen LogP contribution in [0.1, 0.15) is 369 Å². The highest BCUT2D eigenvalue weighted by Crippen LogP contribution is 2.45. The fourth-order valence-corrected chi connectivity index (χ4v) is 12.4. The number of hydrogen-bond acceptors (Lipinski definition) is 15. The van der Waals surface area contributed by atoms with Crippen LogP contribution < -0.4 is 0 Å². The fourth-order valence-electron chi connectivity index (χ4n) is 10.8. The minimum atomic E-state index is -4.95. The lowest BCUT2D eigenvalue weighted by Crippen LogP contribution is -2.30. The maximum absolute atomic E-state index is 13.0. The molecule has 0 radical (unpaired) electrons. The minimum absolute atomic E-state index is 0.106. The summed E-state index contributed by atoms with van der Waals surface area (Å²) in [6.07, 6.45) is 51.3. The van der Waals surface area contributed by atoms with E-state index >= 15 is 0 Å². The lowest BCUT2D eigenvalue weighted by Gasteiger charge is -2.21. The monoisotopic (exact) mass is 1320 g/mol. The molecule has 0 aliphatic rings. The van der Waals surface area contributed by atoms with Gasteiger partial charge in [0.25, 0.3) is 0 Å². The Morgan fingerprint density at radius 1 is 0.311 bits per heavy atom. The minimum Gasteiger partial charge on any atom is -0.462 e. The lowest BCUT2D eigenvalue weighted by atomic mass is 10.00. The molecule has 0 heterocycles. The van der Waals surface area contributed by atoms with Crippen LogP contribution in [0.5, 0.6) is 0 Å². The summed E-state index contributed by atoms with van der Waals surface area (Å²) < 4.78 is 68.3. The Labute approximate surface area is 549 Å². The summed E-state index contributed by atoms with van der Waals surface area (Å²) in [6.45, 7) is 7.21. The first-order valence-electron chi connectivity index (χ1n) is 37.2. The molecule has 0 bridgehead atoms. The summed E-state index contributed by atoms with van der Waals surface area (Å²) in [5, 5.41) is 10.6. The van der Waals surface area contributed by atoms with E-state index in [9.17, 15) is 43.2 Å². The molecule has 534 valence electrons. The number of aliphatic hydroxyl groups excluding tert-OH is 1. The van der Waals surface area contributed by atoms with Crippen molar-refractivity contribution in [1.29, 1.82) is 0 Å². The predicted octanol–water partition coefficient (Wildman–Crippen LogP) is 20.5. The molecule has 0 aliphatic heterocycles. The largest absolute Gasteiger partial charge is 0.472 e. The Morgan fingerprint density at radius 2 is 0.533 bits per heavy atom. The van der Waals surface area contributed by atoms with E-state index in [1.807, 2.05) is 0 Å². The molecule has 0 rings (SSSR count). The standard InChI is InChI=1S/C71H138O17P2/c1-6-10-13-16-19-22-25-26-27-28-29-30-31-34-37-40-47-52-57-71(76)87-66(60-81-68(73)54-49-44-38-35-32-23-20-17-14-11-7-2)62-85-89(77,78)83-58-65(72)59-84-90(79,80)86-63-67(61-82-69(74)55-50-45-42-41-43-48-53-64(5)9-4)88-70(75)56-51-46-39-36-33-24-21-18-15-12-8-3/h64-67,72H,6-63H2,1-5H3,(H,77,78)(H,79,80)/t64?,65-,66-,67-/m1/s1. The van der Waals surface area contributed by atoms with Crippen molar-refractivity contribution >= 4 is 39.5 Å². The Balaban J connectivity index is 5.21. The van der Waals surface area contributed by atoms with E-state index in [0.717, 1.165) is 102 Å². The number of carbonyl (C=O) groups excluding carboxylic acids is 4. The SMILES string of the molecule is CCCCCCCCCCCCCCCCCCCCC(=O)O[C@H](COC(=O)CCCCCCCCCCCCC)COP(=O)(O)OC[C@@H](O)COP(=O)(O)OC[C@@H](COC(=O)CCCCCCCCC(C)CC)OC(=O)CCCCCCCCCCCCC. The van der Waals surface area contributed by atoms with Crippen molar-refractivity contribution in [1.82, 2.24) is 0 Å². The van der Waals surface area contributed by atoms with Crippen LogP contribution in [0, 0.1) is 5.92 Å². The van der Waals surface area contributed by atoms with Crippen LogP contribution in [0.3, 0.4) is 0 Å². The van der Waals surface area contributed by atoms with E-state index < -0.39 is 97.5 Å². The fraction of sp³-hybridized carbons (Fsp3) is 0.944. The van der Waals surface area contributed by atoms with Crippen LogP contribution in [0.4, 0.5) is 0 Å². The van der Waals surface area contributed by atoms with Gasteiger partial charge in [-0.25, -0.2) is 9.13 Å². The van der Waals surface area contributed by atoms with Gasteiger partial charge in [0.15, 0.2) is 12.2 Å². The van der Waals surface area contributed by atoms with Crippen molar-refractivity contribution in [3.63, 3.8) is 0 Å². The zero-order valence-electron chi connectivity index (χ0n) is 58.3. The molecule has 0 fully saturated rings. The first kappa shape index (κ1) is 88.1. The van der Waals surface area contributed by atoms with E-state index in [0.29, 0.717) is 25.7 Å². The van der Waals surface area contributed by atoms with E-state index in [-0.39, 0.29) is 25.7 Å². The molecular weight excluding hydrogens is 1190 g/mol. The number of unbranched alkanes of at least 4 members (excludes halogenated alkanes) is 42. The highest BCUT2D eigenvalue weighted by atomic mass is 31.2. The lowest BCUT2D eigenvalue weighted by molar-refractivity contribution is -0.161. The smallest absolute Gasteiger partial charge is 0.462 e. The van der Waals surface area contributed by atoms with Gasteiger partial charge < -0.3 is 33.8 Å². The van der Waals surface area contributed by atoms with Crippen LogP contribution in [-0.2, 0) is 65.4 Å². The van der Waals surface area contributed by atoms with Gasteiger partial charge in [0.1, 0.15) is 19.3 Å². The van der Waals surface area contributed by atoms with Crippen molar-refractivity contribution in [2.75, 3.05) is 39.6 Å². The topological polar surface area (TPSA) is 237 Å². The van der Waals surface area contributed by atoms with Crippen LogP contribution in [-0.4, -0.2) is 96.7 Å². The summed E-state index contributed by atoms with van der Waals surface area (Å²) in [4.78, 5) is 72.5. The molecule has 3 unspecified atom stereocenters. The van der Waals surface area contributed by atoms with Crippen molar-refractivity contribution in [2.45, 2.75) is 387 Å². The normalized spacial score (nSPS) is 14.4. The molecule has 0 aromatic carbocycles. The van der Waals surface area contributed by atoms with Gasteiger partial charge in [-0.3, -0.25) is 37.3 Å². The maximum Gasteiger partial charge on any atom is 0.472 e. The first-order valence-corrected chi connectivity index (χ1v) is 40.2. The van der Waals surface area contributed by atoms with Gasteiger partial charge in [-0.2, -0.15) is 0 Å². The molecule has 0 aromatic heterocycles. The number of esters is 4. The van der Waals surface area contributed by atoms with Gasteiger partial charge in [-0.1, -0.05) is 317 Å². The third-order valence-electron chi connectivity index (χ3n) is 16.9. The summed E-state index contributed by atoms with van der Waals surface area (Å²) in [6, 6.07) is 0. The second-order valence-corrected chi connectivity index (χ2v) is 28.8. The molecule has 0 saturated heterocycles. The van der Waals surface area contributed by atoms with Crippen molar-refractivity contribution < 1.29 is 80.2 Å². The van der Waals surface area contributed by atoms with Gasteiger partial charge >= 0.3 is 39.5 Å². The highest BCUT2D eigenvalue weighted by Gasteiger charge is 2.30. The van der Waals surface area contributed by atoms with Gasteiger partial charge in [0.05, 0.1) is 26.4 Å². The highest BCUT2D eigenvalue weighted by molar-refractivity contribution is 7.47. The van der Waals surface area contributed by atoms with Crippen LogP contribution >= 0.6 is 15.6 Å². The zero-order valence-corrected chi connectivity index (χ0v) is 60.1. The summed E-state index contributed by atoms with van der Waals surface area (Å²) in [5.74, 6) is -1.39. The van der Waals surface area contributed by atoms with E-state index in [2.05, 4.69) is 34.6 Å². The predicted molar refractivity (Wildman–Crippen MR) is 363 cm³/mol. The molecule has 17 nitrogen and oxygen atoms in total. The number of hydrogen-bond donors (Lipinski definition) is 3. The molecular formula is C71H138O17P2. The summed E-state index contributed by atoms with van der Waals surface area (Å²) >= 11 is 0. The third-order valence-corrected chi connectivity index (χ3v) is 18.8. The van der Waals surface area contributed by atoms with Crippen LogP contribution in [0.2, 0.25) is 0 Å². The molecule has 3 N–H and O–H groups in total. The number of ether oxygens (including phenoxy) is 4. The Bertz CT molecular complexity index is 1740. The Kier molecular flexibility index (Phi) is 63.0. The maximum atomic E-state index is 13.0. The van der Waals surface area contributed by atoms with Gasteiger partial charge in [0.2, 0.25) is 0 Å². The van der Waals surface area contributed by atoms with Crippen molar-refractivity contribution in [2.24, 2.45) is 5.92 Å². The molecule has 0 aromatic rings. The molecule has 0 saturated carbocycles. The first-order chi connectivity index (χ1) is 43.6. The van der Waals surface area contributed by atoms with E-state index in [4.69, 9.17) is 37.0 Å². The molecule has 0 spiro atoms. The average Bonchev–Trinajstić information content (AvgIpc) is 3.66. The molecule has 19 heteroatoms. The summed E-state index contributed by atoms with van der Waals surface area (Å²) in [7, 11) is -9.90. The number of rotatable bonds is 71. The Hall–Kier alpha value is -1.94. The zero-order chi connectivity index (χ0) is 66.3. The second-order valence-electron chi connectivity index (χ2n) is 25.9. The molecule has 6 atom stereocenters. The van der Waals surface area contributed by atoms with Gasteiger partial charge in [-0.15, -0.1) is 0 Å². The van der Waals surface area contributed by atoms with Crippen molar-refractivity contribution in [3.05, 3.63) is 0 Å². The number of aliphatic hydroxyl groups is 1. The third kappa shape index (κ3) is 63.5. The number of phosphoric acid groups is 2. The molecule has 0 amide bonds.